The Hall–Kier alpha value is -2.24. The van der Waals surface area contributed by atoms with Crippen LogP contribution in [0.25, 0.3) is 0 Å². The highest BCUT2D eigenvalue weighted by Gasteiger charge is 2.27. The van der Waals surface area contributed by atoms with Crippen LogP contribution in [0, 0.1) is 5.92 Å². The second-order valence-electron chi connectivity index (χ2n) is 7.69. The number of rotatable bonds is 6. The zero-order valence-corrected chi connectivity index (χ0v) is 17.4. The third-order valence-corrected chi connectivity index (χ3v) is 5.16. The quantitative estimate of drug-likeness (QED) is 0.771. The normalized spacial score (nSPS) is 15.1. The summed E-state index contributed by atoms with van der Waals surface area (Å²) in [5, 5.41) is 3.06. The van der Waals surface area contributed by atoms with Gasteiger partial charge in [-0.05, 0) is 23.3 Å². The van der Waals surface area contributed by atoms with E-state index < -0.39 is 0 Å². The number of fused-ring (bicyclic) bond motifs is 1. The maximum Gasteiger partial charge on any atom is 0.224 e. The summed E-state index contributed by atoms with van der Waals surface area (Å²) < 4.78 is 11.3. The predicted molar refractivity (Wildman–Crippen MR) is 113 cm³/mol. The first kappa shape index (κ1) is 22.1. The maximum atomic E-state index is 12.6. The zero-order valence-electron chi connectivity index (χ0n) is 16.6. The number of halogens is 1. The van der Waals surface area contributed by atoms with Gasteiger partial charge >= 0.3 is 0 Å². The molecular weight excluding hydrogens is 376 g/mol. The van der Waals surface area contributed by atoms with Gasteiger partial charge in [0, 0.05) is 18.0 Å². The molecule has 2 unspecified atom stereocenters. The summed E-state index contributed by atoms with van der Waals surface area (Å²) in [5.41, 5.74) is 8.08. The highest BCUT2D eigenvalue weighted by molar-refractivity contribution is 5.85. The number of amides is 1. The zero-order chi connectivity index (χ0) is 19.4. The Kier molecular flexibility index (Phi) is 7.33. The molecule has 152 valence electrons. The van der Waals surface area contributed by atoms with Crippen molar-refractivity contribution in [2.45, 2.75) is 32.2 Å². The molecule has 1 amide bonds. The first-order valence-electron chi connectivity index (χ1n) is 9.37. The lowest BCUT2D eigenvalue weighted by molar-refractivity contribution is -0.125. The Morgan fingerprint density at radius 3 is 2.43 bits per heavy atom. The van der Waals surface area contributed by atoms with E-state index in [4.69, 9.17) is 15.2 Å². The Labute approximate surface area is 173 Å². The Balaban J connectivity index is 0.00000280. The maximum absolute atomic E-state index is 12.6. The van der Waals surface area contributed by atoms with Crippen molar-refractivity contribution >= 4 is 18.3 Å². The van der Waals surface area contributed by atoms with E-state index in [1.807, 2.05) is 55.5 Å². The van der Waals surface area contributed by atoms with Crippen molar-refractivity contribution in [1.29, 1.82) is 0 Å². The molecular formula is C22H29ClN2O3. The van der Waals surface area contributed by atoms with Crippen LogP contribution >= 0.6 is 12.4 Å². The van der Waals surface area contributed by atoms with Crippen molar-refractivity contribution < 1.29 is 14.3 Å². The molecule has 0 bridgehead atoms. The van der Waals surface area contributed by atoms with Gasteiger partial charge in [-0.15, -0.1) is 12.4 Å². The van der Waals surface area contributed by atoms with Gasteiger partial charge in [0.2, 0.25) is 5.91 Å². The summed E-state index contributed by atoms with van der Waals surface area (Å²) in [4.78, 5) is 12.6. The predicted octanol–water partition coefficient (Wildman–Crippen LogP) is 3.61. The van der Waals surface area contributed by atoms with Crippen LogP contribution in [0.2, 0.25) is 0 Å². The molecule has 0 saturated heterocycles. The average Bonchev–Trinajstić information content (AvgIpc) is 2.71. The lowest BCUT2D eigenvalue weighted by atomic mass is 9.84. The second-order valence-corrected chi connectivity index (χ2v) is 7.69. The molecule has 1 aliphatic rings. The highest BCUT2D eigenvalue weighted by Crippen LogP contribution is 2.35. The van der Waals surface area contributed by atoms with Crippen molar-refractivity contribution in [3.05, 3.63) is 59.7 Å². The molecule has 0 aliphatic carbocycles. The Bertz CT molecular complexity index is 796. The first-order valence-corrected chi connectivity index (χ1v) is 9.37. The highest BCUT2D eigenvalue weighted by atomic mass is 35.5. The van der Waals surface area contributed by atoms with Crippen LogP contribution in [0.5, 0.6) is 11.5 Å². The molecule has 2 aromatic carbocycles. The molecule has 1 aliphatic heterocycles. The number of nitrogens with two attached hydrogens (primary N) is 1. The van der Waals surface area contributed by atoms with Crippen molar-refractivity contribution in [3.63, 3.8) is 0 Å². The van der Waals surface area contributed by atoms with E-state index in [9.17, 15) is 4.79 Å². The summed E-state index contributed by atoms with van der Waals surface area (Å²) in [6.45, 7) is 7.70. The summed E-state index contributed by atoms with van der Waals surface area (Å²) >= 11 is 0. The number of benzene rings is 2. The van der Waals surface area contributed by atoms with Crippen LogP contribution in [-0.2, 0) is 10.2 Å². The summed E-state index contributed by atoms with van der Waals surface area (Å²) in [6, 6.07) is 15.3. The third kappa shape index (κ3) is 4.97. The van der Waals surface area contributed by atoms with Crippen molar-refractivity contribution in [1.82, 2.24) is 5.32 Å². The minimum absolute atomic E-state index is 0. The topological polar surface area (TPSA) is 73.6 Å². The molecule has 2 atom stereocenters. The molecule has 5 nitrogen and oxygen atoms in total. The molecule has 0 aromatic heterocycles. The minimum atomic E-state index is -0.330. The molecule has 0 spiro atoms. The van der Waals surface area contributed by atoms with E-state index in [2.05, 4.69) is 19.2 Å². The fraction of sp³-hybridized carbons (Fsp3) is 0.409. The van der Waals surface area contributed by atoms with Crippen molar-refractivity contribution in [3.8, 4) is 11.5 Å². The van der Waals surface area contributed by atoms with E-state index in [1.165, 1.54) is 0 Å². The van der Waals surface area contributed by atoms with Crippen LogP contribution in [-0.4, -0.2) is 25.7 Å². The second kappa shape index (κ2) is 9.30. The number of carbonyl (C=O) groups is 1. The number of hydrogen-bond acceptors (Lipinski definition) is 4. The monoisotopic (exact) mass is 404 g/mol. The summed E-state index contributed by atoms with van der Waals surface area (Å²) in [5.74, 6) is 1.17. The van der Waals surface area contributed by atoms with Crippen molar-refractivity contribution in [2.24, 2.45) is 11.7 Å². The molecule has 0 radical (unpaired) electrons. The van der Waals surface area contributed by atoms with Gasteiger partial charge in [0.25, 0.3) is 0 Å². The molecule has 3 rings (SSSR count). The van der Waals surface area contributed by atoms with Gasteiger partial charge in [-0.3, -0.25) is 4.79 Å². The SMILES string of the molecule is CC(C(=O)NCC(C)(C)c1ccc2c(c1)OCCO2)C(N)c1ccccc1.Cl. The van der Waals surface area contributed by atoms with Gasteiger partial charge in [0.1, 0.15) is 13.2 Å². The van der Waals surface area contributed by atoms with Gasteiger partial charge in [-0.1, -0.05) is 57.2 Å². The van der Waals surface area contributed by atoms with Crippen molar-refractivity contribution in [2.75, 3.05) is 19.8 Å². The summed E-state index contributed by atoms with van der Waals surface area (Å²) in [7, 11) is 0. The molecule has 2 aromatic rings. The van der Waals surface area contributed by atoms with Gasteiger partial charge in [0.05, 0.1) is 5.92 Å². The van der Waals surface area contributed by atoms with Gasteiger partial charge < -0.3 is 20.5 Å². The third-order valence-electron chi connectivity index (χ3n) is 5.16. The Morgan fingerprint density at radius 1 is 1.11 bits per heavy atom. The molecule has 6 heteroatoms. The largest absolute Gasteiger partial charge is 0.486 e. The molecule has 0 saturated carbocycles. The van der Waals surface area contributed by atoms with Gasteiger partial charge in [-0.2, -0.15) is 0 Å². The molecule has 1 heterocycles. The van der Waals surface area contributed by atoms with Crippen LogP contribution in [0.15, 0.2) is 48.5 Å². The lowest BCUT2D eigenvalue weighted by Gasteiger charge is -2.29. The van der Waals surface area contributed by atoms with Crippen LogP contribution < -0.4 is 20.5 Å². The van der Waals surface area contributed by atoms with E-state index in [1.54, 1.807) is 0 Å². The summed E-state index contributed by atoms with van der Waals surface area (Å²) in [6.07, 6.45) is 0. The van der Waals surface area contributed by atoms with Crippen LogP contribution in [0.4, 0.5) is 0 Å². The standard InChI is InChI=1S/C22H28N2O3.ClH/c1-15(20(23)16-7-5-4-6-8-16)21(25)24-14-22(2,3)17-9-10-18-19(13-17)27-12-11-26-18;/h4-10,13,15,20H,11-12,14,23H2,1-3H3,(H,24,25);1H. The smallest absolute Gasteiger partial charge is 0.224 e. The van der Waals surface area contributed by atoms with Crippen LogP contribution in [0.3, 0.4) is 0 Å². The van der Waals surface area contributed by atoms with E-state index in [0.717, 1.165) is 22.6 Å². The van der Waals surface area contributed by atoms with Gasteiger partial charge in [0.15, 0.2) is 11.5 Å². The molecule has 0 fully saturated rings. The van der Waals surface area contributed by atoms with Crippen LogP contribution in [0.1, 0.15) is 37.9 Å². The molecule has 3 N–H and O–H groups in total. The van der Waals surface area contributed by atoms with Gasteiger partial charge in [-0.25, -0.2) is 0 Å². The number of carbonyl (C=O) groups excluding carboxylic acids is 1. The first-order chi connectivity index (χ1) is 12.9. The van der Waals surface area contributed by atoms with E-state index in [-0.39, 0.29) is 35.7 Å². The fourth-order valence-electron chi connectivity index (χ4n) is 3.16. The lowest BCUT2D eigenvalue weighted by Crippen LogP contribution is -2.41. The minimum Gasteiger partial charge on any atom is -0.486 e. The number of ether oxygens (including phenoxy) is 2. The number of hydrogen-bond donors (Lipinski definition) is 2. The number of nitrogens with one attached hydrogen (secondary N) is 1. The molecule has 28 heavy (non-hydrogen) atoms. The van der Waals surface area contributed by atoms with E-state index >= 15 is 0 Å². The van der Waals surface area contributed by atoms with E-state index in [0.29, 0.717) is 19.8 Å². The average molecular weight is 405 g/mol. The fourth-order valence-corrected chi connectivity index (χ4v) is 3.16. The Morgan fingerprint density at radius 2 is 1.75 bits per heavy atom.